The number of nitrogens with one attached hydrogen (secondary N) is 1. The Kier molecular flexibility index (Phi) is 2.66. The van der Waals surface area contributed by atoms with Crippen molar-refractivity contribution in [3.05, 3.63) is 34.8 Å². The summed E-state index contributed by atoms with van der Waals surface area (Å²) in [6.45, 7) is 0.356. The maximum Gasteiger partial charge on any atom is 0.419 e. The number of para-hydroxylation sites is 2. The molecule has 0 aliphatic heterocycles. The first-order valence-corrected chi connectivity index (χ1v) is 6.12. The molecule has 0 unspecified atom stereocenters. The summed E-state index contributed by atoms with van der Waals surface area (Å²) < 4.78 is 6.60. The highest BCUT2D eigenvalue weighted by atomic mass is 16.4. The molecule has 0 atom stereocenters. The van der Waals surface area contributed by atoms with Crippen LogP contribution in [0.25, 0.3) is 11.1 Å². The van der Waals surface area contributed by atoms with Crippen LogP contribution in [0.15, 0.2) is 33.5 Å². The van der Waals surface area contributed by atoms with Gasteiger partial charge in [0.25, 0.3) is 0 Å². The Morgan fingerprint density at radius 3 is 2.94 bits per heavy atom. The van der Waals surface area contributed by atoms with Gasteiger partial charge in [0.2, 0.25) is 5.91 Å². The van der Waals surface area contributed by atoms with E-state index in [1.54, 1.807) is 6.07 Å². The smallest absolute Gasteiger partial charge is 0.408 e. The van der Waals surface area contributed by atoms with Gasteiger partial charge in [-0.15, -0.1) is 0 Å². The van der Waals surface area contributed by atoms with Crippen molar-refractivity contribution >= 4 is 17.0 Å². The van der Waals surface area contributed by atoms with Gasteiger partial charge in [0.05, 0.1) is 5.52 Å². The number of aromatic nitrogens is 1. The van der Waals surface area contributed by atoms with Gasteiger partial charge in [-0.25, -0.2) is 4.79 Å². The van der Waals surface area contributed by atoms with Crippen molar-refractivity contribution < 1.29 is 9.21 Å². The van der Waals surface area contributed by atoms with Crippen molar-refractivity contribution in [3.63, 3.8) is 0 Å². The molecule has 5 nitrogen and oxygen atoms in total. The van der Waals surface area contributed by atoms with Crippen molar-refractivity contribution in [2.45, 2.75) is 31.8 Å². The molecule has 2 aromatic rings. The molecule has 1 aliphatic carbocycles. The molecule has 0 radical (unpaired) electrons. The minimum absolute atomic E-state index is 0.00492. The third-order valence-corrected chi connectivity index (χ3v) is 3.08. The number of oxazole rings is 1. The highest BCUT2D eigenvalue weighted by Gasteiger charge is 2.23. The van der Waals surface area contributed by atoms with Gasteiger partial charge < -0.3 is 9.73 Å². The van der Waals surface area contributed by atoms with Crippen LogP contribution in [0.1, 0.15) is 19.3 Å². The fourth-order valence-electron chi connectivity index (χ4n) is 1.97. The Morgan fingerprint density at radius 2 is 2.17 bits per heavy atom. The largest absolute Gasteiger partial charge is 0.419 e. The summed E-state index contributed by atoms with van der Waals surface area (Å²) in [5.41, 5.74) is 1.30. The number of nitrogens with zero attached hydrogens (tertiary/aromatic N) is 1. The molecular weight excluding hydrogens is 232 g/mol. The van der Waals surface area contributed by atoms with Gasteiger partial charge in [-0.1, -0.05) is 12.1 Å². The summed E-state index contributed by atoms with van der Waals surface area (Å²) in [6, 6.07) is 7.58. The molecule has 1 aromatic heterocycles. The molecule has 94 valence electrons. The normalized spacial score (nSPS) is 14.9. The number of carbonyl (C=O) groups excluding carboxylic acids is 1. The van der Waals surface area contributed by atoms with Gasteiger partial charge in [0.15, 0.2) is 5.58 Å². The van der Waals surface area contributed by atoms with Gasteiger partial charge in [-0.2, -0.15) is 0 Å². The Bertz CT molecular complexity index is 637. The van der Waals surface area contributed by atoms with Crippen LogP contribution in [-0.4, -0.2) is 16.5 Å². The minimum atomic E-state index is -0.407. The van der Waals surface area contributed by atoms with Crippen LogP contribution in [0, 0.1) is 0 Å². The zero-order valence-electron chi connectivity index (χ0n) is 9.89. The lowest BCUT2D eigenvalue weighted by Gasteiger charge is -2.03. The van der Waals surface area contributed by atoms with Crippen molar-refractivity contribution in [3.8, 4) is 0 Å². The summed E-state index contributed by atoms with van der Waals surface area (Å²) >= 11 is 0. The molecule has 5 heteroatoms. The molecule has 1 aromatic carbocycles. The lowest BCUT2D eigenvalue weighted by Crippen LogP contribution is -2.27. The van der Waals surface area contributed by atoms with E-state index in [1.165, 1.54) is 4.57 Å². The number of rotatable bonds is 4. The number of hydrogen-bond acceptors (Lipinski definition) is 3. The van der Waals surface area contributed by atoms with E-state index in [-0.39, 0.29) is 5.91 Å². The van der Waals surface area contributed by atoms with Crippen molar-refractivity contribution in [2.24, 2.45) is 0 Å². The molecular formula is C13H14N2O3. The third kappa shape index (κ3) is 2.16. The van der Waals surface area contributed by atoms with E-state index in [0.717, 1.165) is 18.4 Å². The van der Waals surface area contributed by atoms with Gasteiger partial charge in [-0.05, 0) is 25.0 Å². The lowest BCUT2D eigenvalue weighted by molar-refractivity contribution is -0.121. The molecule has 1 fully saturated rings. The zero-order chi connectivity index (χ0) is 12.5. The second-order valence-corrected chi connectivity index (χ2v) is 4.58. The molecule has 18 heavy (non-hydrogen) atoms. The third-order valence-electron chi connectivity index (χ3n) is 3.08. The van der Waals surface area contributed by atoms with E-state index in [4.69, 9.17) is 4.42 Å². The predicted octanol–water partition coefficient (Wildman–Crippen LogP) is 1.26. The number of hydrogen-bond donors (Lipinski definition) is 1. The Hall–Kier alpha value is -2.04. The fourth-order valence-corrected chi connectivity index (χ4v) is 1.97. The first-order valence-electron chi connectivity index (χ1n) is 6.12. The summed E-state index contributed by atoms with van der Waals surface area (Å²) in [4.78, 5) is 23.2. The first-order chi connectivity index (χ1) is 8.74. The maximum atomic E-state index is 11.7. The molecule has 1 aliphatic rings. The Labute approximate surface area is 103 Å². The van der Waals surface area contributed by atoms with E-state index in [1.807, 2.05) is 18.2 Å². The van der Waals surface area contributed by atoms with Crippen molar-refractivity contribution in [1.29, 1.82) is 0 Å². The van der Waals surface area contributed by atoms with Crippen LogP contribution >= 0.6 is 0 Å². The van der Waals surface area contributed by atoms with Crippen molar-refractivity contribution in [1.82, 2.24) is 9.88 Å². The van der Waals surface area contributed by atoms with E-state index in [0.29, 0.717) is 24.6 Å². The van der Waals surface area contributed by atoms with E-state index in [9.17, 15) is 9.59 Å². The summed E-state index contributed by atoms with van der Waals surface area (Å²) in [5, 5.41) is 2.90. The number of fused-ring (bicyclic) bond motifs is 1. The van der Waals surface area contributed by atoms with Gasteiger partial charge in [-0.3, -0.25) is 9.36 Å². The van der Waals surface area contributed by atoms with Gasteiger partial charge in [0.1, 0.15) is 0 Å². The lowest BCUT2D eigenvalue weighted by atomic mass is 10.3. The molecule has 0 saturated heterocycles. The monoisotopic (exact) mass is 246 g/mol. The Morgan fingerprint density at radius 1 is 1.39 bits per heavy atom. The second-order valence-electron chi connectivity index (χ2n) is 4.58. The van der Waals surface area contributed by atoms with Crippen LogP contribution in [-0.2, 0) is 11.3 Å². The molecule has 1 N–H and O–H groups in total. The summed E-state index contributed by atoms with van der Waals surface area (Å²) in [6.07, 6.45) is 2.45. The highest BCUT2D eigenvalue weighted by Crippen LogP contribution is 2.18. The average molecular weight is 246 g/mol. The molecule has 0 spiro atoms. The topological polar surface area (TPSA) is 64.2 Å². The number of carbonyl (C=O) groups is 1. The van der Waals surface area contributed by atoms with Crippen LogP contribution in [0.3, 0.4) is 0 Å². The van der Waals surface area contributed by atoms with Gasteiger partial charge in [0, 0.05) is 19.0 Å². The van der Waals surface area contributed by atoms with E-state index in [2.05, 4.69) is 5.32 Å². The number of aryl methyl sites for hydroxylation is 1. The number of amides is 1. The summed E-state index contributed by atoms with van der Waals surface area (Å²) in [5.74, 6) is -0.412. The van der Waals surface area contributed by atoms with E-state index < -0.39 is 5.76 Å². The van der Waals surface area contributed by atoms with E-state index >= 15 is 0 Å². The maximum absolute atomic E-state index is 11.7. The highest BCUT2D eigenvalue weighted by molar-refractivity contribution is 5.77. The second kappa shape index (κ2) is 4.33. The Balaban J connectivity index is 1.75. The standard InChI is InChI=1S/C13H14N2O3/c16-12(14-9-5-6-9)7-8-15-10-3-1-2-4-11(10)18-13(15)17/h1-4,9H,5-8H2,(H,14,16). The first kappa shape index (κ1) is 11.1. The van der Waals surface area contributed by atoms with Crippen LogP contribution in [0.5, 0.6) is 0 Å². The molecule has 1 saturated carbocycles. The fraction of sp³-hybridized carbons (Fsp3) is 0.385. The SMILES string of the molecule is O=C(CCn1c(=O)oc2ccccc21)NC1CC1. The van der Waals surface area contributed by atoms with Crippen LogP contribution in [0.2, 0.25) is 0 Å². The van der Waals surface area contributed by atoms with Gasteiger partial charge >= 0.3 is 5.76 Å². The number of benzene rings is 1. The van der Waals surface area contributed by atoms with Crippen LogP contribution < -0.4 is 11.1 Å². The van der Waals surface area contributed by atoms with Crippen LogP contribution in [0.4, 0.5) is 0 Å². The van der Waals surface area contributed by atoms with Crippen molar-refractivity contribution in [2.75, 3.05) is 0 Å². The zero-order valence-corrected chi connectivity index (χ0v) is 9.89. The molecule has 3 rings (SSSR count). The summed E-state index contributed by atoms with van der Waals surface area (Å²) in [7, 11) is 0. The minimum Gasteiger partial charge on any atom is -0.408 e. The quantitative estimate of drug-likeness (QED) is 0.883. The molecule has 0 bridgehead atoms. The predicted molar refractivity (Wildman–Crippen MR) is 66.3 cm³/mol. The molecule has 1 heterocycles. The average Bonchev–Trinajstić information content (AvgIpc) is 3.09. The molecule has 1 amide bonds.